The molecule has 0 saturated heterocycles. The van der Waals surface area contributed by atoms with E-state index in [-0.39, 0.29) is 5.82 Å². The lowest BCUT2D eigenvalue weighted by atomic mass is 9.98. The number of para-hydroxylation sites is 1. The van der Waals surface area contributed by atoms with Gasteiger partial charge in [-0.15, -0.1) is 0 Å². The van der Waals surface area contributed by atoms with Crippen LogP contribution in [0, 0.1) is 5.82 Å². The van der Waals surface area contributed by atoms with E-state index >= 15 is 0 Å². The molecule has 1 aliphatic carbocycles. The van der Waals surface area contributed by atoms with E-state index in [0.717, 1.165) is 19.6 Å². The highest BCUT2D eigenvalue weighted by Gasteiger charge is 2.12. The number of nitrogens with one attached hydrogen (secondary N) is 2. The monoisotopic (exact) mass is 310 g/mol. The van der Waals surface area contributed by atoms with E-state index in [1.54, 1.807) is 18.2 Å². The molecule has 3 nitrogen and oxygen atoms in total. The molecule has 2 N–H and O–H groups in total. The van der Waals surface area contributed by atoms with Crippen LogP contribution in [0.25, 0.3) is 0 Å². The largest absolute Gasteiger partial charge is 0.378 e. The minimum absolute atomic E-state index is 0.303. The first-order valence-electron chi connectivity index (χ1n) is 7.66. The van der Waals surface area contributed by atoms with E-state index in [0.29, 0.717) is 16.9 Å². The van der Waals surface area contributed by atoms with Crippen molar-refractivity contribution in [2.24, 2.45) is 0 Å². The van der Waals surface area contributed by atoms with Crippen LogP contribution in [0.2, 0.25) is 0 Å². The zero-order chi connectivity index (χ0) is 14.9. The number of anilines is 1. The SMILES string of the molecule is Fc1ccccc1NC(=S)NCCCOC1CCCCC1. The Morgan fingerprint density at radius 1 is 1.24 bits per heavy atom. The van der Waals surface area contributed by atoms with Crippen molar-refractivity contribution < 1.29 is 9.13 Å². The van der Waals surface area contributed by atoms with Crippen molar-refractivity contribution in [1.82, 2.24) is 5.32 Å². The third-order valence-corrected chi connectivity index (χ3v) is 3.88. The van der Waals surface area contributed by atoms with Crippen molar-refractivity contribution in [2.45, 2.75) is 44.6 Å². The van der Waals surface area contributed by atoms with Crippen molar-refractivity contribution in [3.05, 3.63) is 30.1 Å². The molecule has 0 bridgehead atoms. The van der Waals surface area contributed by atoms with Crippen LogP contribution in [0.15, 0.2) is 24.3 Å². The molecule has 0 radical (unpaired) electrons. The minimum Gasteiger partial charge on any atom is -0.378 e. The molecule has 5 heteroatoms. The number of thiocarbonyl (C=S) groups is 1. The van der Waals surface area contributed by atoms with Gasteiger partial charge in [0, 0.05) is 13.2 Å². The number of ether oxygens (including phenoxy) is 1. The maximum atomic E-state index is 13.4. The molecule has 0 aromatic heterocycles. The topological polar surface area (TPSA) is 33.3 Å². The Hall–Kier alpha value is -1.20. The van der Waals surface area contributed by atoms with Crippen LogP contribution in [0.4, 0.5) is 10.1 Å². The Kier molecular flexibility index (Phi) is 6.89. The van der Waals surface area contributed by atoms with Gasteiger partial charge < -0.3 is 15.4 Å². The van der Waals surface area contributed by atoms with Gasteiger partial charge in [-0.1, -0.05) is 31.4 Å². The normalized spacial score (nSPS) is 15.7. The molecular formula is C16H23FN2OS. The lowest BCUT2D eigenvalue weighted by molar-refractivity contribution is 0.0277. The second-order valence-corrected chi connectivity index (χ2v) is 5.75. The van der Waals surface area contributed by atoms with Gasteiger partial charge in [0.15, 0.2) is 5.11 Å². The summed E-state index contributed by atoms with van der Waals surface area (Å²) in [5.41, 5.74) is 0.397. The number of hydrogen-bond acceptors (Lipinski definition) is 2. The van der Waals surface area contributed by atoms with Gasteiger partial charge in [-0.05, 0) is 43.6 Å². The second kappa shape index (κ2) is 8.95. The second-order valence-electron chi connectivity index (χ2n) is 5.35. The van der Waals surface area contributed by atoms with Gasteiger partial charge in [0.25, 0.3) is 0 Å². The van der Waals surface area contributed by atoms with Gasteiger partial charge in [0.05, 0.1) is 11.8 Å². The van der Waals surface area contributed by atoms with Crippen LogP contribution < -0.4 is 10.6 Å². The third kappa shape index (κ3) is 5.98. The lowest BCUT2D eigenvalue weighted by Gasteiger charge is -2.22. The first-order valence-corrected chi connectivity index (χ1v) is 8.07. The van der Waals surface area contributed by atoms with Crippen molar-refractivity contribution in [1.29, 1.82) is 0 Å². The first-order chi connectivity index (χ1) is 10.3. The van der Waals surface area contributed by atoms with Gasteiger partial charge in [-0.25, -0.2) is 4.39 Å². The van der Waals surface area contributed by atoms with Crippen molar-refractivity contribution in [2.75, 3.05) is 18.5 Å². The average molecular weight is 310 g/mol. The Bertz CT molecular complexity index is 450. The van der Waals surface area contributed by atoms with Gasteiger partial charge in [0.2, 0.25) is 0 Å². The van der Waals surface area contributed by atoms with E-state index in [4.69, 9.17) is 17.0 Å². The quantitative estimate of drug-likeness (QED) is 0.617. The summed E-state index contributed by atoms with van der Waals surface area (Å²) in [5, 5.41) is 6.37. The van der Waals surface area contributed by atoms with Crippen LogP contribution in [-0.4, -0.2) is 24.4 Å². The summed E-state index contributed by atoms with van der Waals surface area (Å²) in [6, 6.07) is 6.49. The highest BCUT2D eigenvalue weighted by Crippen LogP contribution is 2.20. The molecule has 0 spiro atoms. The molecule has 1 aromatic rings. The maximum Gasteiger partial charge on any atom is 0.170 e. The molecule has 1 aliphatic rings. The molecule has 2 rings (SSSR count). The van der Waals surface area contributed by atoms with E-state index in [1.807, 2.05) is 0 Å². The van der Waals surface area contributed by atoms with Crippen LogP contribution in [-0.2, 0) is 4.74 Å². The summed E-state index contributed by atoms with van der Waals surface area (Å²) in [6.07, 6.45) is 7.66. The Labute approximate surface area is 131 Å². The van der Waals surface area contributed by atoms with Crippen LogP contribution in [0.5, 0.6) is 0 Å². The van der Waals surface area contributed by atoms with E-state index in [1.165, 1.54) is 38.2 Å². The van der Waals surface area contributed by atoms with Gasteiger partial charge in [-0.3, -0.25) is 0 Å². The number of benzene rings is 1. The molecule has 1 fully saturated rings. The average Bonchev–Trinajstić information content (AvgIpc) is 2.50. The van der Waals surface area contributed by atoms with Crippen LogP contribution in [0.3, 0.4) is 0 Å². The number of halogens is 1. The highest BCUT2D eigenvalue weighted by molar-refractivity contribution is 7.80. The van der Waals surface area contributed by atoms with Gasteiger partial charge in [-0.2, -0.15) is 0 Å². The third-order valence-electron chi connectivity index (χ3n) is 3.63. The molecule has 116 valence electrons. The van der Waals surface area contributed by atoms with Gasteiger partial charge in [0.1, 0.15) is 5.82 Å². The summed E-state index contributed by atoms with van der Waals surface area (Å²) in [7, 11) is 0. The smallest absolute Gasteiger partial charge is 0.170 e. The highest BCUT2D eigenvalue weighted by atomic mass is 32.1. The number of hydrogen-bond donors (Lipinski definition) is 2. The van der Waals surface area contributed by atoms with Gasteiger partial charge >= 0.3 is 0 Å². The fourth-order valence-electron chi connectivity index (χ4n) is 2.48. The molecule has 1 saturated carbocycles. The van der Waals surface area contributed by atoms with Crippen molar-refractivity contribution >= 4 is 23.0 Å². The maximum absolute atomic E-state index is 13.4. The zero-order valence-electron chi connectivity index (χ0n) is 12.2. The molecule has 0 amide bonds. The molecule has 0 atom stereocenters. The summed E-state index contributed by atoms with van der Waals surface area (Å²) in [6.45, 7) is 1.48. The minimum atomic E-state index is -0.303. The lowest BCUT2D eigenvalue weighted by Crippen LogP contribution is -2.30. The summed E-state index contributed by atoms with van der Waals surface area (Å²) < 4.78 is 19.3. The Balaban J connectivity index is 1.56. The molecule has 0 heterocycles. The predicted molar refractivity (Wildman–Crippen MR) is 88.1 cm³/mol. The molecule has 1 aromatic carbocycles. The standard InChI is InChI=1S/C16H23FN2OS/c17-14-9-4-5-10-15(14)19-16(21)18-11-6-12-20-13-7-2-1-3-8-13/h4-5,9-10,13H,1-3,6-8,11-12H2,(H2,18,19,21). The Morgan fingerprint density at radius 2 is 2.00 bits per heavy atom. The molecule has 0 unspecified atom stereocenters. The fraction of sp³-hybridized carbons (Fsp3) is 0.562. The van der Waals surface area contributed by atoms with Crippen molar-refractivity contribution in [3.8, 4) is 0 Å². The number of rotatable bonds is 6. The molecule has 21 heavy (non-hydrogen) atoms. The van der Waals surface area contributed by atoms with Crippen LogP contribution in [0.1, 0.15) is 38.5 Å². The zero-order valence-corrected chi connectivity index (χ0v) is 13.1. The summed E-state index contributed by atoms with van der Waals surface area (Å²) in [4.78, 5) is 0. The first kappa shape index (κ1) is 16.2. The molecule has 0 aliphatic heterocycles. The van der Waals surface area contributed by atoms with E-state index < -0.39 is 0 Å². The van der Waals surface area contributed by atoms with E-state index in [2.05, 4.69) is 10.6 Å². The predicted octanol–water partition coefficient (Wildman–Crippen LogP) is 3.85. The Morgan fingerprint density at radius 3 is 2.76 bits per heavy atom. The fourth-order valence-corrected chi connectivity index (χ4v) is 2.70. The summed E-state index contributed by atoms with van der Waals surface area (Å²) in [5.74, 6) is -0.303. The summed E-state index contributed by atoms with van der Waals surface area (Å²) >= 11 is 5.14. The molecular weight excluding hydrogens is 287 g/mol. The van der Waals surface area contributed by atoms with E-state index in [9.17, 15) is 4.39 Å². The van der Waals surface area contributed by atoms with Crippen molar-refractivity contribution in [3.63, 3.8) is 0 Å². The van der Waals surface area contributed by atoms with Crippen LogP contribution >= 0.6 is 12.2 Å².